The van der Waals surface area contributed by atoms with Crippen LogP contribution in [0.1, 0.15) is 31.9 Å². The zero-order valence-electron chi connectivity index (χ0n) is 18.7. The third-order valence-corrected chi connectivity index (χ3v) is 7.91. The molecule has 0 aromatic heterocycles. The van der Waals surface area contributed by atoms with Crippen LogP contribution in [0.4, 0.5) is 0 Å². The van der Waals surface area contributed by atoms with Gasteiger partial charge in [0.1, 0.15) is 31.2 Å². The molecular formula is C23H29Cl3O6S. The lowest BCUT2D eigenvalue weighted by molar-refractivity contribution is 0.125. The smallest absolute Gasteiger partial charge is 0.156 e. The fourth-order valence-electron chi connectivity index (χ4n) is 3.07. The molecule has 0 saturated carbocycles. The van der Waals surface area contributed by atoms with Gasteiger partial charge in [0.05, 0.1) is 21.7 Å². The van der Waals surface area contributed by atoms with Crippen molar-refractivity contribution < 1.29 is 28.1 Å². The second kappa shape index (κ2) is 12.0. The molecule has 2 rings (SSSR count). The van der Waals surface area contributed by atoms with Gasteiger partial charge in [0.2, 0.25) is 0 Å². The van der Waals surface area contributed by atoms with Gasteiger partial charge in [-0.3, -0.25) is 0 Å². The highest BCUT2D eigenvalue weighted by molar-refractivity contribution is 7.91. The van der Waals surface area contributed by atoms with Crippen LogP contribution in [0, 0.1) is 0 Å². The monoisotopic (exact) mass is 538 g/mol. The van der Waals surface area contributed by atoms with Crippen LogP contribution < -0.4 is 9.47 Å². The molecule has 10 heteroatoms. The Kier molecular flexibility index (Phi) is 10.2. The summed E-state index contributed by atoms with van der Waals surface area (Å²) in [6.45, 7) is 5.41. The molecular weight excluding hydrogens is 511 g/mol. The van der Waals surface area contributed by atoms with E-state index < -0.39 is 33.2 Å². The molecule has 2 atom stereocenters. The lowest BCUT2D eigenvalue weighted by atomic mass is 9.78. The van der Waals surface area contributed by atoms with Gasteiger partial charge in [-0.1, -0.05) is 56.1 Å². The molecule has 184 valence electrons. The molecule has 0 heterocycles. The van der Waals surface area contributed by atoms with E-state index in [4.69, 9.17) is 44.3 Å². The molecule has 0 aliphatic rings. The van der Waals surface area contributed by atoms with E-state index in [0.717, 1.165) is 11.1 Å². The van der Waals surface area contributed by atoms with Gasteiger partial charge in [-0.25, -0.2) is 8.42 Å². The minimum atomic E-state index is -3.34. The highest BCUT2D eigenvalue weighted by atomic mass is 35.5. The number of ether oxygens (including phenoxy) is 2. The van der Waals surface area contributed by atoms with Crippen molar-refractivity contribution in [2.75, 3.05) is 30.6 Å². The first kappa shape index (κ1) is 28.0. The van der Waals surface area contributed by atoms with Gasteiger partial charge < -0.3 is 19.7 Å². The average Bonchev–Trinajstić information content (AvgIpc) is 2.76. The van der Waals surface area contributed by atoms with Gasteiger partial charge in [-0.15, -0.1) is 11.6 Å². The predicted octanol–water partition coefficient (Wildman–Crippen LogP) is 4.47. The summed E-state index contributed by atoms with van der Waals surface area (Å²) in [6, 6.07) is 10.9. The van der Waals surface area contributed by atoms with E-state index in [9.17, 15) is 18.6 Å². The number of halogens is 3. The van der Waals surface area contributed by atoms with E-state index in [0.29, 0.717) is 5.75 Å². The fraction of sp³-hybridized carbons (Fsp3) is 0.478. The summed E-state index contributed by atoms with van der Waals surface area (Å²) >= 11 is 18.4. The first-order valence-electron chi connectivity index (χ1n) is 10.4. The zero-order valence-corrected chi connectivity index (χ0v) is 21.8. The van der Waals surface area contributed by atoms with Crippen LogP contribution in [0.2, 0.25) is 10.0 Å². The van der Waals surface area contributed by atoms with Crippen LogP contribution in [0.3, 0.4) is 0 Å². The Morgan fingerprint density at radius 2 is 1.48 bits per heavy atom. The van der Waals surface area contributed by atoms with Crippen molar-refractivity contribution in [1.29, 1.82) is 0 Å². The van der Waals surface area contributed by atoms with Crippen LogP contribution >= 0.6 is 34.8 Å². The van der Waals surface area contributed by atoms with E-state index in [2.05, 4.69) is 0 Å². The van der Waals surface area contributed by atoms with Crippen molar-refractivity contribution >= 4 is 44.6 Å². The molecule has 0 fully saturated rings. The Labute approximate surface area is 210 Å². The van der Waals surface area contributed by atoms with Crippen LogP contribution in [0.25, 0.3) is 0 Å². The third kappa shape index (κ3) is 7.91. The van der Waals surface area contributed by atoms with Gasteiger partial charge >= 0.3 is 0 Å². The van der Waals surface area contributed by atoms with E-state index in [-0.39, 0.29) is 40.6 Å². The summed E-state index contributed by atoms with van der Waals surface area (Å²) in [5.41, 5.74) is 1.35. The van der Waals surface area contributed by atoms with Crippen molar-refractivity contribution in [3.05, 3.63) is 57.6 Å². The quantitative estimate of drug-likeness (QED) is 0.387. The topological polar surface area (TPSA) is 93.1 Å². The minimum absolute atomic E-state index is 0.0577. The molecule has 0 saturated heterocycles. The van der Waals surface area contributed by atoms with Gasteiger partial charge in [0.15, 0.2) is 15.6 Å². The molecule has 33 heavy (non-hydrogen) atoms. The third-order valence-electron chi connectivity index (χ3n) is 5.22. The van der Waals surface area contributed by atoms with Gasteiger partial charge in [-0.2, -0.15) is 0 Å². The standard InChI is InChI=1S/C23H29Cl3O6S/c1-4-33(29,30)14-18(28)13-32-22-20(25)9-16(10-21(22)26)23(2,3)15-5-7-19(8-6-15)31-12-17(27)11-24/h5-10,17-18,27-28H,4,11-14H2,1-3H3/t17-,18-/m1/s1. The SMILES string of the molecule is CCS(=O)(=O)C[C@H](O)COc1c(Cl)cc(C(C)(C)c2ccc(OC[C@H](O)CCl)cc2)cc1Cl. The highest BCUT2D eigenvalue weighted by Gasteiger charge is 2.26. The number of alkyl halides is 1. The fourth-order valence-corrected chi connectivity index (χ4v) is 4.67. The predicted molar refractivity (Wildman–Crippen MR) is 133 cm³/mol. The molecule has 0 amide bonds. The van der Waals surface area contributed by atoms with E-state index in [1.807, 2.05) is 38.1 Å². The normalized spacial score (nSPS) is 14.1. The van der Waals surface area contributed by atoms with Crippen molar-refractivity contribution in [3.63, 3.8) is 0 Å². The largest absolute Gasteiger partial charge is 0.491 e. The molecule has 0 aliphatic carbocycles. The van der Waals surface area contributed by atoms with E-state index in [1.165, 1.54) is 6.92 Å². The molecule has 0 bridgehead atoms. The molecule has 2 aromatic carbocycles. The second-order valence-corrected chi connectivity index (χ2v) is 11.7. The first-order chi connectivity index (χ1) is 15.4. The lowest BCUT2D eigenvalue weighted by Gasteiger charge is -2.27. The Hall–Kier alpha value is -1.22. The van der Waals surface area contributed by atoms with Gasteiger partial charge in [0.25, 0.3) is 0 Å². The number of hydrogen-bond donors (Lipinski definition) is 2. The molecule has 0 aliphatic heterocycles. The lowest BCUT2D eigenvalue weighted by Crippen LogP contribution is -2.28. The molecule has 6 nitrogen and oxygen atoms in total. The summed E-state index contributed by atoms with van der Waals surface area (Å²) in [7, 11) is -3.34. The van der Waals surface area contributed by atoms with Crippen LogP contribution in [-0.2, 0) is 15.3 Å². The molecule has 2 aromatic rings. The number of hydrogen-bond acceptors (Lipinski definition) is 6. The zero-order chi connectivity index (χ0) is 24.8. The maximum Gasteiger partial charge on any atom is 0.156 e. The number of aliphatic hydroxyl groups is 2. The van der Waals surface area contributed by atoms with Crippen LogP contribution in [0.5, 0.6) is 11.5 Å². The maximum absolute atomic E-state index is 11.7. The highest BCUT2D eigenvalue weighted by Crippen LogP contribution is 2.40. The Balaban J connectivity index is 2.15. The van der Waals surface area contributed by atoms with Crippen LogP contribution in [0.15, 0.2) is 36.4 Å². The molecule has 0 spiro atoms. The summed E-state index contributed by atoms with van der Waals surface area (Å²) in [4.78, 5) is 0. The number of benzene rings is 2. The minimum Gasteiger partial charge on any atom is -0.491 e. The Bertz CT molecular complexity index is 1000. The van der Waals surface area contributed by atoms with Gasteiger partial charge in [0, 0.05) is 11.2 Å². The second-order valence-electron chi connectivity index (χ2n) is 8.20. The van der Waals surface area contributed by atoms with Crippen molar-refractivity contribution in [2.45, 2.75) is 38.4 Å². The van der Waals surface area contributed by atoms with Gasteiger partial charge in [-0.05, 0) is 35.4 Å². The summed E-state index contributed by atoms with van der Waals surface area (Å²) < 4.78 is 34.4. The Morgan fingerprint density at radius 3 is 2.00 bits per heavy atom. The molecule has 2 N–H and O–H groups in total. The molecule has 0 radical (unpaired) electrons. The first-order valence-corrected chi connectivity index (χ1v) is 13.5. The summed E-state index contributed by atoms with van der Waals surface area (Å²) in [5, 5.41) is 20.0. The van der Waals surface area contributed by atoms with Crippen molar-refractivity contribution in [1.82, 2.24) is 0 Å². The number of sulfone groups is 1. The summed E-state index contributed by atoms with van der Waals surface area (Å²) in [6.07, 6.45) is -1.92. The van der Waals surface area contributed by atoms with Crippen LogP contribution in [-0.4, -0.2) is 61.4 Å². The summed E-state index contributed by atoms with van der Waals surface area (Å²) in [5.74, 6) is 0.449. The van der Waals surface area contributed by atoms with E-state index >= 15 is 0 Å². The molecule has 0 unspecified atom stereocenters. The average molecular weight is 540 g/mol. The Morgan fingerprint density at radius 1 is 0.939 bits per heavy atom. The van der Waals surface area contributed by atoms with E-state index in [1.54, 1.807) is 12.1 Å². The maximum atomic E-state index is 11.7. The number of rotatable bonds is 12. The van der Waals surface area contributed by atoms with Crippen molar-refractivity contribution in [2.24, 2.45) is 0 Å². The number of aliphatic hydroxyl groups excluding tert-OH is 2. The van der Waals surface area contributed by atoms with Crippen molar-refractivity contribution in [3.8, 4) is 11.5 Å².